The summed E-state index contributed by atoms with van der Waals surface area (Å²) in [6.07, 6.45) is 18.5. The lowest BCUT2D eigenvalue weighted by Crippen LogP contribution is -2.42. The largest absolute Gasteiger partial charge is 0.480 e. The standard InChI is InChI=1S/C30H54N4O9/c1-2-3-4-5-6-7-8-9-10-11-12-13-14-15-16-31-26(35)21-32(17-19-33(22-27(36)37)23-28(38)39)18-20-34(24-29(40)41)25-30(42)43/h21H,2-20,22-25H2,1H3,(H4-,31,35,36,37,38,39,40,41,42,43)/p+1. The number of nitrogens with one attached hydrogen (secondary N) is 1. The summed E-state index contributed by atoms with van der Waals surface area (Å²) in [5, 5.41) is 39.1. The number of hydrogen-bond donors (Lipinski definition) is 5. The fourth-order valence-electron chi connectivity index (χ4n) is 4.72. The van der Waals surface area contributed by atoms with Crippen LogP contribution in [-0.2, 0) is 24.0 Å². The van der Waals surface area contributed by atoms with Gasteiger partial charge in [0.1, 0.15) is 0 Å². The number of carbonyl (C=O) groups is 5. The molecule has 5 N–H and O–H groups in total. The lowest BCUT2D eigenvalue weighted by molar-refractivity contribution is -0.522. The van der Waals surface area contributed by atoms with Crippen molar-refractivity contribution in [2.45, 2.75) is 96.8 Å². The molecule has 0 spiro atoms. The Morgan fingerprint density at radius 1 is 0.558 bits per heavy atom. The average Bonchev–Trinajstić information content (AvgIpc) is 2.90. The number of hydrogen-bond acceptors (Lipinski definition) is 7. The first kappa shape index (κ1) is 39.9. The first-order valence-corrected chi connectivity index (χ1v) is 15.7. The predicted octanol–water partition coefficient (Wildman–Crippen LogP) is 2.61. The molecule has 0 aromatic carbocycles. The molecule has 248 valence electrons. The van der Waals surface area contributed by atoms with Gasteiger partial charge in [0.25, 0.3) is 0 Å². The first-order chi connectivity index (χ1) is 20.5. The maximum absolute atomic E-state index is 12.6. The van der Waals surface area contributed by atoms with Gasteiger partial charge in [0.05, 0.1) is 39.3 Å². The molecular formula is C30H55N4O9+. The zero-order chi connectivity index (χ0) is 32.3. The molecule has 0 radical (unpaired) electrons. The average molecular weight is 616 g/mol. The molecule has 0 rings (SSSR count). The van der Waals surface area contributed by atoms with E-state index in [1.807, 2.05) is 0 Å². The summed E-state index contributed by atoms with van der Waals surface area (Å²) >= 11 is 0. The van der Waals surface area contributed by atoms with E-state index in [2.05, 4.69) is 12.2 Å². The van der Waals surface area contributed by atoms with Crippen LogP contribution in [0.1, 0.15) is 96.8 Å². The second-order valence-electron chi connectivity index (χ2n) is 11.0. The van der Waals surface area contributed by atoms with E-state index < -0.39 is 50.1 Å². The smallest absolute Gasteiger partial charge is 0.317 e. The molecule has 0 atom stereocenters. The van der Waals surface area contributed by atoms with E-state index in [0.29, 0.717) is 6.54 Å². The van der Waals surface area contributed by atoms with Crippen LogP contribution >= 0.6 is 0 Å². The third kappa shape index (κ3) is 27.5. The Morgan fingerprint density at radius 3 is 1.21 bits per heavy atom. The van der Waals surface area contributed by atoms with Gasteiger partial charge in [0.15, 0.2) is 13.1 Å². The van der Waals surface area contributed by atoms with E-state index in [1.54, 1.807) is 0 Å². The van der Waals surface area contributed by atoms with Gasteiger partial charge in [-0.25, -0.2) is 4.58 Å². The van der Waals surface area contributed by atoms with Crippen LogP contribution in [-0.4, -0.2) is 130 Å². The molecule has 0 aliphatic carbocycles. The monoisotopic (exact) mass is 615 g/mol. The van der Waals surface area contributed by atoms with Crippen molar-refractivity contribution in [2.24, 2.45) is 0 Å². The molecule has 0 fully saturated rings. The van der Waals surface area contributed by atoms with Crippen LogP contribution in [0.4, 0.5) is 0 Å². The van der Waals surface area contributed by atoms with Crippen LogP contribution in [0.2, 0.25) is 0 Å². The Morgan fingerprint density at radius 2 is 0.884 bits per heavy atom. The first-order valence-electron chi connectivity index (χ1n) is 15.7. The highest BCUT2D eigenvalue weighted by atomic mass is 16.4. The third-order valence-electron chi connectivity index (χ3n) is 6.97. The van der Waals surface area contributed by atoms with Crippen molar-refractivity contribution in [3.63, 3.8) is 0 Å². The lowest BCUT2D eigenvalue weighted by atomic mass is 10.0. The van der Waals surface area contributed by atoms with Gasteiger partial charge >= 0.3 is 29.8 Å². The van der Waals surface area contributed by atoms with E-state index in [1.165, 1.54) is 91.2 Å². The van der Waals surface area contributed by atoms with E-state index in [-0.39, 0.29) is 32.1 Å². The van der Waals surface area contributed by atoms with E-state index in [9.17, 15) is 24.0 Å². The normalized spacial score (nSPS) is 11.0. The quantitative estimate of drug-likeness (QED) is 0.0454. The Balaban J connectivity index is 4.64. The Bertz CT molecular complexity index is 777. The van der Waals surface area contributed by atoms with Crippen LogP contribution in [0.25, 0.3) is 0 Å². The van der Waals surface area contributed by atoms with Crippen molar-refractivity contribution in [2.75, 3.05) is 58.9 Å². The van der Waals surface area contributed by atoms with Gasteiger partial charge in [-0.2, -0.15) is 0 Å². The van der Waals surface area contributed by atoms with Crippen molar-refractivity contribution < 1.29 is 49.0 Å². The summed E-state index contributed by atoms with van der Waals surface area (Å²) < 4.78 is 1.52. The molecule has 1 amide bonds. The van der Waals surface area contributed by atoms with Gasteiger partial charge in [-0.15, -0.1) is 0 Å². The summed E-state index contributed by atoms with van der Waals surface area (Å²) in [5.74, 6) is -5.18. The molecule has 0 heterocycles. The topological polar surface area (TPSA) is 188 Å². The fourth-order valence-corrected chi connectivity index (χ4v) is 4.72. The minimum absolute atomic E-state index is 0.0131. The van der Waals surface area contributed by atoms with Crippen LogP contribution in [0.3, 0.4) is 0 Å². The second-order valence-corrected chi connectivity index (χ2v) is 11.0. The maximum Gasteiger partial charge on any atom is 0.317 e. The summed E-state index contributed by atoms with van der Waals surface area (Å²) in [5.41, 5.74) is 0. The Labute approximate surface area is 255 Å². The van der Waals surface area contributed by atoms with Crippen molar-refractivity contribution in [1.29, 1.82) is 0 Å². The van der Waals surface area contributed by atoms with Crippen LogP contribution in [0, 0.1) is 0 Å². The van der Waals surface area contributed by atoms with Crippen molar-refractivity contribution in [1.82, 2.24) is 15.1 Å². The Kier molecular flexibility index (Phi) is 24.7. The SMILES string of the molecule is CCCCCCCCCCCCCCCCNC(=O)C=[N+](CCN(CC(=O)O)CC(=O)O)CCN(CC(=O)O)CC(=O)O. The summed E-state index contributed by atoms with van der Waals surface area (Å²) in [6, 6.07) is 0. The zero-order valence-corrected chi connectivity index (χ0v) is 26.0. The molecule has 13 nitrogen and oxygen atoms in total. The minimum atomic E-state index is -1.20. The molecule has 0 saturated carbocycles. The van der Waals surface area contributed by atoms with Gasteiger partial charge in [-0.05, 0) is 6.42 Å². The van der Waals surface area contributed by atoms with Gasteiger partial charge < -0.3 is 25.7 Å². The number of carbonyl (C=O) groups excluding carboxylic acids is 1. The number of unbranched alkanes of at least 4 members (excludes halogenated alkanes) is 13. The molecule has 43 heavy (non-hydrogen) atoms. The number of rotatable bonds is 30. The van der Waals surface area contributed by atoms with Gasteiger partial charge in [0.2, 0.25) is 6.21 Å². The molecule has 0 aliphatic rings. The summed E-state index contributed by atoms with van der Waals surface area (Å²) in [4.78, 5) is 59.4. The second kappa shape index (κ2) is 26.6. The van der Waals surface area contributed by atoms with E-state index >= 15 is 0 Å². The van der Waals surface area contributed by atoms with Crippen molar-refractivity contribution in [3.8, 4) is 0 Å². The zero-order valence-electron chi connectivity index (χ0n) is 26.0. The molecule has 0 aromatic rings. The molecule has 0 unspecified atom stereocenters. The number of carboxylic acid groups (broad SMARTS) is 4. The minimum Gasteiger partial charge on any atom is -0.480 e. The number of aliphatic carboxylic acids is 4. The molecule has 0 saturated heterocycles. The van der Waals surface area contributed by atoms with Crippen LogP contribution in [0.5, 0.6) is 0 Å². The third-order valence-corrected chi connectivity index (χ3v) is 6.97. The molecule has 0 aliphatic heterocycles. The summed E-state index contributed by atoms with van der Waals surface area (Å²) in [7, 11) is 0. The number of amides is 1. The van der Waals surface area contributed by atoms with Crippen molar-refractivity contribution in [3.05, 3.63) is 0 Å². The fraction of sp³-hybridized carbons (Fsp3) is 0.800. The van der Waals surface area contributed by atoms with Crippen LogP contribution < -0.4 is 5.32 Å². The highest BCUT2D eigenvalue weighted by molar-refractivity contribution is 6.24. The van der Waals surface area contributed by atoms with E-state index in [0.717, 1.165) is 19.3 Å². The lowest BCUT2D eigenvalue weighted by Gasteiger charge is -2.19. The van der Waals surface area contributed by atoms with Gasteiger partial charge in [0, 0.05) is 6.54 Å². The number of carboxylic acids is 4. The predicted molar refractivity (Wildman–Crippen MR) is 163 cm³/mol. The highest BCUT2D eigenvalue weighted by Gasteiger charge is 2.20. The van der Waals surface area contributed by atoms with E-state index in [4.69, 9.17) is 20.4 Å². The van der Waals surface area contributed by atoms with Gasteiger partial charge in [-0.1, -0.05) is 90.4 Å². The Hall–Kier alpha value is -3.06. The molecule has 0 aromatic heterocycles. The molecule has 0 bridgehead atoms. The molecule has 13 heteroatoms. The van der Waals surface area contributed by atoms with Gasteiger partial charge in [-0.3, -0.25) is 33.8 Å². The highest BCUT2D eigenvalue weighted by Crippen LogP contribution is 2.12. The van der Waals surface area contributed by atoms with Crippen molar-refractivity contribution >= 4 is 36.0 Å². The molecular weight excluding hydrogens is 560 g/mol. The van der Waals surface area contributed by atoms with Crippen LogP contribution in [0.15, 0.2) is 0 Å². The maximum atomic E-state index is 12.6. The summed E-state index contributed by atoms with van der Waals surface area (Å²) in [6.45, 7) is 0.893. The number of nitrogens with zero attached hydrogens (tertiary/aromatic N) is 3.